The molecule has 0 bridgehead atoms. The highest BCUT2D eigenvalue weighted by Crippen LogP contribution is 2.25. The van der Waals surface area contributed by atoms with Gasteiger partial charge in [0.25, 0.3) is 0 Å². The van der Waals surface area contributed by atoms with Crippen molar-refractivity contribution >= 4 is 40.8 Å². The number of thioether (sulfide) groups is 1. The van der Waals surface area contributed by atoms with E-state index in [9.17, 15) is 9.18 Å². The molecule has 0 radical (unpaired) electrons. The van der Waals surface area contributed by atoms with Crippen LogP contribution in [0.15, 0.2) is 35.5 Å². The van der Waals surface area contributed by atoms with Gasteiger partial charge in [0.2, 0.25) is 5.91 Å². The van der Waals surface area contributed by atoms with Crippen LogP contribution >= 0.6 is 23.4 Å². The number of unbranched alkanes of at least 4 members (excludes halogenated alkanes) is 2. The normalized spacial score (nSPS) is 14.1. The Bertz CT molecular complexity index is 848. The van der Waals surface area contributed by atoms with Gasteiger partial charge in [-0.3, -0.25) is 4.79 Å². The number of anilines is 2. The van der Waals surface area contributed by atoms with Crippen LogP contribution in [0, 0.1) is 5.82 Å². The zero-order valence-corrected chi connectivity index (χ0v) is 18.7. The quantitative estimate of drug-likeness (QED) is 0.269. The van der Waals surface area contributed by atoms with Crippen molar-refractivity contribution in [1.82, 2.24) is 15.3 Å². The number of halogens is 2. The van der Waals surface area contributed by atoms with Crippen LogP contribution in [-0.2, 0) is 4.79 Å². The zero-order chi connectivity index (χ0) is 21.3. The van der Waals surface area contributed by atoms with Gasteiger partial charge in [-0.25, -0.2) is 14.4 Å². The van der Waals surface area contributed by atoms with E-state index in [1.807, 2.05) is 11.0 Å². The van der Waals surface area contributed by atoms with Crippen LogP contribution in [0.5, 0.6) is 0 Å². The molecule has 1 aliphatic heterocycles. The Morgan fingerprint density at radius 3 is 2.63 bits per heavy atom. The highest BCUT2D eigenvalue weighted by molar-refractivity contribution is 7.99. The molecule has 3 rings (SSSR count). The van der Waals surface area contributed by atoms with Gasteiger partial charge >= 0.3 is 0 Å². The molecule has 9 heteroatoms. The minimum atomic E-state index is -0.206. The lowest BCUT2D eigenvalue weighted by Gasteiger charge is -2.36. The largest absolute Gasteiger partial charge is 0.366 e. The zero-order valence-electron chi connectivity index (χ0n) is 17.1. The molecule has 6 nitrogen and oxygen atoms in total. The average molecular weight is 452 g/mol. The van der Waals surface area contributed by atoms with Crippen LogP contribution in [0.2, 0.25) is 5.15 Å². The van der Waals surface area contributed by atoms with E-state index in [1.165, 1.54) is 17.8 Å². The standard InChI is InChI=1S/C21H27ClFN5OS/c1-2-3-6-9-24-20(29)15-30-21-25-18(22)14-19(26-21)28-12-10-27(11-13-28)17-8-5-4-7-16(17)23/h4-5,7-8,14H,2-3,6,9-13,15H2,1H3,(H,24,29). The first kappa shape index (κ1) is 22.6. The fourth-order valence-corrected chi connectivity index (χ4v) is 4.19. The Balaban J connectivity index is 1.54. The summed E-state index contributed by atoms with van der Waals surface area (Å²) < 4.78 is 14.0. The smallest absolute Gasteiger partial charge is 0.230 e. The number of piperazine rings is 1. The van der Waals surface area contributed by atoms with Crippen LogP contribution in [0.25, 0.3) is 0 Å². The van der Waals surface area contributed by atoms with Crippen molar-refractivity contribution in [1.29, 1.82) is 0 Å². The molecule has 1 amide bonds. The molecule has 1 aliphatic rings. The third kappa shape index (κ3) is 6.47. The van der Waals surface area contributed by atoms with Gasteiger partial charge in [0, 0.05) is 38.8 Å². The lowest BCUT2D eigenvalue weighted by atomic mass is 10.2. The van der Waals surface area contributed by atoms with E-state index in [4.69, 9.17) is 11.6 Å². The topological polar surface area (TPSA) is 61.4 Å². The fraction of sp³-hybridized carbons (Fsp3) is 0.476. The number of nitrogens with zero attached hydrogens (tertiary/aromatic N) is 4. The van der Waals surface area contributed by atoms with Gasteiger partial charge in [-0.1, -0.05) is 55.3 Å². The lowest BCUT2D eigenvalue weighted by molar-refractivity contribution is -0.118. The summed E-state index contributed by atoms with van der Waals surface area (Å²) in [4.78, 5) is 24.9. The van der Waals surface area contributed by atoms with Crippen molar-refractivity contribution in [3.8, 4) is 0 Å². The van der Waals surface area contributed by atoms with E-state index in [0.717, 1.165) is 25.1 Å². The molecule has 1 N–H and O–H groups in total. The van der Waals surface area contributed by atoms with Crippen molar-refractivity contribution in [3.05, 3.63) is 41.3 Å². The SMILES string of the molecule is CCCCCNC(=O)CSc1nc(Cl)cc(N2CCN(c3ccccc3F)CC2)n1. The Hall–Kier alpha value is -2.06. The number of hydrogen-bond acceptors (Lipinski definition) is 6. The summed E-state index contributed by atoms with van der Waals surface area (Å²) in [6.45, 7) is 5.59. The molecule has 0 saturated carbocycles. The van der Waals surface area contributed by atoms with Gasteiger partial charge in [-0.2, -0.15) is 0 Å². The number of aromatic nitrogens is 2. The van der Waals surface area contributed by atoms with E-state index in [1.54, 1.807) is 18.2 Å². The summed E-state index contributed by atoms with van der Waals surface area (Å²) in [6.07, 6.45) is 3.22. The number of benzene rings is 1. The number of carbonyl (C=O) groups is 1. The van der Waals surface area contributed by atoms with Gasteiger partial charge in [-0.05, 0) is 18.6 Å². The van der Waals surface area contributed by atoms with Crippen LogP contribution in [0.3, 0.4) is 0 Å². The predicted octanol–water partition coefficient (Wildman–Crippen LogP) is 3.99. The van der Waals surface area contributed by atoms with Gasteiger partial charge in [0.05, 0.1) is 11.4 Å². The van der Waals surface area contributed by atoms with Crippen molar-refractivity contribution < 1.29 is 9.18 Å². The first-order chi connectivity index (χ1) is 14.6. The third-order valence-electron chi connectivity index (χ3n) is 4.89. The number of amides is 1. The van der Waals surface area contributed by atoms with Crippen LogP contribution in [0.1, 0.15) is 26.2 Å². The average Bonchev–Trinajstić information content (AvgIpc) is 2.75. The molecule has 1 aromatic heterocycles. The first-order valence-electron chi connectivity index (χ1n) is 10.3. The van der Waals surface area contributed by atoms with Gasteiger partial charge in [-0.15, -0.1) is 0 Å². The van der Waals surface area contributed by atoms with E-state index >= 15 is 0 Å². The molecule has 1 saturated heterocycles. The predicted molar refractivity (Wildman–Crippen MR) is 121 cm³/mol. The van der Waals surface area contributed by atoms with Crippen molar-refractivity contribution in [2.24, 2.45) is 0 Å². The van der Waals surface area contributed by atoms with Gasteiger partial charge < -0.3 is 15.1 Å². The minimum Gasteiger partial charge on any atom is -0.366 e. The minimum absolute atomic E-state index is 0.0280. The molecule has 2 heterocycles. The lowest BCUT2D eigenvalue weighted by Crippen LogP contribution is -2.47. The number of carbonyl (C=O) groups excluding carboxylic acids is 1. The molecule has 0 atom stereocenters. The Morgan fingerprint density at radius 1 is 1.17 bits per heavy atom. The fourth-order valence-electron chi connectivity index (χ4n) is 3.28. The van der Waals surface area contributed by atoms with E-state index in [0.29, 0.717) is 48.7 Å². The molecule has 1 aromatic carbocycles. The van der Waals surface area contributed by atoms with E-state index < -0.39 is 0 Å². The monoisotopic (exact) mass is 451 g/mol. The molecule has 0 spiro atoms. The highest BCUT2D eigenvalue weighted by atomic mass is 35.5. The second-order valence-electron chi connectivity index (χ2n) is 7.10. The third-order valence-corrected chi connectivity index (χ3v) is 5.93. The molecular formula is C21H27ClFN5OS. The highest BCUT2D eigenvalue weighted by Gasteiger charge is 2.21. The maximum atomic E-state index is 14.0. The number of nitrogens with one attached hydrogen (secondary N) is 1. The van der Waals surface area contributed by atoms with E-state index in [2.05, 4.69) is 27.1 Å². The number of hydrogen-bond donors (Lipinski definition) is 1. The Morgan fingerprint density at radius 2 is 1.90 bits per heavy atom. The summed E-state index contributed by atoms with van der Waals surface area (Å²) in [5.41, 5.74) is 0.624. The Kier molecular flexibility index (Phi) is 8.57. The summed E-state index contributed by atoms with van der Waals surface area (Å²) in [5.74, 6) is 0.754. The molecule has 30 heavy (non-hydrogen) atoms. The molecule has 162 valence electrons. The second-order valence-corrected chi connectivity index (χ2v) is 8.43. The van der Waals surface area contributed by atoms with Crippen LogP contribution < -0.4 is 15.1 Å². The Labute approximate surface area is 186 Å². The summed E-state index contributed by atoms with van der Waals surface area (Å²) in [5, 5.41) is 3.74. The second kappa shape index (κ2) is 11.4. The van der Waals surface area contributed by atoms with Crippen LogP contribution in [-0.4, -0.2) is 54.4 Å². The molecule has 0 unspecified atom stereocenters. The molecule has 2 aromatic rings. The number of para-hydroxylation sites is 1. The maximum Gasteiger partial charge on any atom is 0.230 e. The van der Waals surface area contributed by atoms with Crippen LogP contribution in [0.4, 0.5) is 15.9 Å². The number of rotatable bonds is 9. The van der Waals surface area contributed by atoms with Crippen molar-refractivity contribution in [2.75, 3.05) is 48.3 Å². The summed E-state index contributed by atoms with van der Waals surface area (Å²) in [6, 6.07) is 8.56. The van der Waals surface area contributed by atoms with E-state index in [-0.39, 0.29) is 17.5 Å². The van der Waals surface area contributed by atoms with Gasteiger partial charge in [0.1, 0.15) is 16.8 Å². The van der Waals surface area contributed by atoms with Gasteiger partial charge in [0.15, 0.2) is 5.16 Å². The summed E-state index contributed by atoms with van der Waals surface area (Å²) in [7, 11) is 0. The van der Waals surface area contributed by atoms with Crippen molar-refractivity contribution in [3.63, 3.8) is 0 Å². The molecule has 0 aliphatic carbocycles. The maximum absolute atomic E-state index is 14.0. The summed E-state index contributed by atoms with van der Waals surface area (Å²) >= 11 is 7.48. The first-order valence-corrected chi connectivity index (χ1v) is 11.6. The molecular weight excluding hydrogens is 425 g/mol. The van der Waals surface area contributed by atoms with Crippen molar-refractivity contribution in [2.45, 2.75) is 31.3 Å². The molecule has 1 fully saturated rings.